The van der Waals surface area contributed by atoms with Crippen LogP contribution in [0.3, 0.4) is 0 Å². The molecule has 297 valence electrons. The van der Waals surface area contributed by atoms with Crippen molar-refractivity contribution in [3.63, 3.8) is 0 Å². The van der Waals surface area contributed by atoms with Crippen molar-refractivity contribution in [2.24, 2.45) is 30.7 Å². The Bertz CT molecular complexity index is 3060. The summed E-state index contributed by atoms with van der Waals surface area (Å²) in [7, 11) is -10.1. The van der Waals surface area contributed by atoms with Gasteiger partial charge in [-0.3, -0.25) is 9.11 Å². The zero-order valence-electron chi connectivity index (χ0n) is 31.7. The minimum Gasteiger partial charge on any atom is -0.506 e. The van der Waals surface area contributed by atoms with Crippen LogP contribution in [-0.2, 0) is 20.2 Å². The number of nitrogen functional groups attached to an aromatic ring is 1. The molecule has 0 saturated heterocycles. The summed E-state index contributed by atoms with van der Waals surface area (Å²) in [6, 6.07) is 36.4. The number of benzene rings is 7. The maximum atomic E-state index is 12.5. The molecule has 0 aliphatic rings. The minimum atomic E-state index is -5.05. The Labute approximate surface area is 365 Å². The molecule has 7 N–H and O–H groups in total. The zero-order valence-corrected chi connectivity index (χ0v) is 35.3. The predicted molar refractivity (Wildman–Crippen MR) is 229 cm³/mol. The molecule has 19 heteroatoms. The van der Waals surface area contributed by atoms with Crippen molar-refractivity contribution < 1.29 is 36.2 Å². The number of rotatable bonds is 11. The molecule has 7 aromatic rings. The molecule has 0 aliphatic carbocycles. The van der Waals surface area contributed by atoms with Gasteiger partial charge in [0, 0.05) is 47.0 Å². The van der Waals surface area contributed by atoms with Gasteiger partial charge in [-0.2, -0.15) is 32.2 Å². The summed E-state index contributed by atoms with van der Waals surface area (Å²) in [5.41, 5.74) is 10.2. The van der Waals surface area contributed by atoms with Crippen LogP contribution in [0.4, 0.5) is 51.2 Å². The molecule has 0 atom stereocenters. The third kappa shape index (κ3) is 9.73. The average molecular weight is 852 g/mol. The van der Waals surface area contributed by atoms with Crippen LogP contribution >= 0.6 is 0 Å². The first-order chi connectivity index (χ1) is 28.2. The fourth-order valence-corrected chi connectivity index (χ4v) is 7.25. The first kappa shape index (κ1) is 43.2. The van der Waals surface area contributed by atoms with Crippen LogP contribution in [0.15, 0.2) is 174 Å². The van der Waals surface area contributed by atoms with Gasteiger partial charge in [0.2, 0.25) is 0 Å². The van der Waals surface area contributed by atoms with Crippen LogP contribution in [-0.4, -0.2) is 65.7 Å². The van der Waals surface area contributed by atoms with E-state index < -0.39 is 52.8 Å². The number of phenolic OH excluding ortho intramolecular Hbond substituents is 2. The zero-order chi connectivity index (χ0) is 41.9. The van der Waals surface area contributed by atoms with E-state index in [9.17, 15) is 36.2 Å². The molecule has 60 heavy (non-hydrogen) atoms. The third-order valence-electron chi connectivity index (χ3n) is 8.90. The number of nitrogens with one attached hydrogen (secondary N) is 1. The SMILES string of the molecule is Cc1ccccc1Nc1ccc(N=Nc2ccc(-c3ccc(N=Nc4c(S(=O)(=O)O)cc5cc(S(=O)(=O)O)c(N=Nc6ccccc6)c(O)c5c4N)cc3)cc2)c(O)c1.[Na]. The van der Waals surface area contributed by atoms with Crippen LogP contribution < -0.4 is 11.1 Å². The number of phenols is 2. The first-order valence-electron chi connectivity index (χ1n) is 17.4. The number of aromatic hydroxyl groups is 2. The van der Waals surface area contributed by atoms with Crippen LogP contribution in [0.5, 0.6) is 11.5 Å². The molecule has 0 fully saturated rings. The van der Waals surface area contributed by atoms with E-state index in [1.807, 2.05) is 43.3 Å². The molecule has 0 amide bonds. The summed E-state index contributed by atoms with van der Waals surface area (Å²) >= 11 is 0. The Balaban J connectivity index is 0.00000604. The van der Waals surface area contributed by atoms with Crippen molar-refractivity contribution in [1.29, 1.82) is 0 Å². The number of nitrogens with two attached hydrogens (primary N) is 1. The topological polar surface area (TPSA) is 261 Å². The van der Waals surface area contributed by atoms with Gasteiger partial charge >= 0.3 is 0 Å². The van der Waals surface area contributed by atoms with Crippen molar-refractivity contribution in [1.82, 2.24) is 0 Å². The molecule has 0 aromatic heterocycles. The van der Waals surface area contributed by atoms with E-state index in [1.54, 1.807) is 84.9 Å². The van der Waals surface area contributed by atoms with Gasteiger partial charge < -0.3 is 21.3 Å². The van der Waals surface area contributed by atoms with E-state index in [-0.39, 0.29) is 57.5 Å². The van der Waals surface area contributed by atoms with E-state index in [4.69, 9.17) is 5.73 Å². The Morgan fingerprint density at radius 1 is 0.567 bits per heavy atom. The number of hydrogen-bond acceptors (Lipinski definition) is 14. The average Bonchev–Trinajstić information content (AvgIpc) is 3.20. The molecule has 16 nitrogen and oxygen atoms in total. The van der Waals surface area contributed by atoms with Gasteiger partial charge in [-0.1, -0.05) is 60.7 Å². The molecule has 0 aliphatic heterocycles. The smallest absolute Gasteiger partial charge is 0.296 e. The fourth-order valence-electron chi connectivity index (χ4n) is 5.92. The minimum absolute atomic E-state index is 0. The number of aryl methyl sites for hydroxylation is 1. The number of nitrogens with zero attached hydrogens (tertiary/aromatic N) is 6. The van der Waals surface area contributed by atoms with Crippen LogP contribution in [0.25, 0.3) is 21.9 Å². The van der Waals surface area contributed by atoms with Gasteiger partial charge in [-0.25, -0.2) is 0 Å². The molecule has 0 saturated carbocycles. The number of azo groups is 3. The maximum absolute atomic E-state index is 12.5. The van der Waals surface area contributed by atoms with Gasteiger partial charge in [-0.05, 0) is 95.7 Å². The van der Waals surface area contributed by atoms with Crippen LogP contribution in [0.2, 0.25) is 0 Å². The van der Waals surface area contributed by atoms with Crippen molar-refractivity contribution in [3.05, 3.63) is 139 Å². The third-order valence-corrected chi connectivity index (χ3v) is 10.6. The Hall–Kier alpha value is -6.38. The molecule has 0 spiro atoms. The van der Waals surface area contributed by atoms with Gasteiger partial charge in [0.1, 0.15) is 32.6 Å². The second-order valence-corrected chi connectivity index (χ2v) is 15.7. The molecule has 7 aromatic carbocycles. The van der Waals surface area contributed by atoms with E-state index in [2.05, 4.69) is 36.0 Å². The second-order valence-electron chi connectivity index (χ2n) is 12.9. The summed E-state index contributed by atoms with van der Waals surface area (Å²) in [6.07, 6.45) is 0. The van der Waals surface area contributed by atoms with E-state index >= 15 is 0 Å². The molecule has 0 unspecified atom stereocenters. The molecular weight excluding hydrogens is 820 g/mol. The summed E-state index contributed by atoms with van der Waals surface area (Å²) in [6.45, 7) is 1.99. The predicted octanol–water partition coefficient (Wildman–Crippen LogP) is 10.9. The largest absolute Gasteiger partial charge is 0.506 e. The monoisotopic (exact) mass is 851 g/mol. The summed E-state index contributed by atoms with van der Waals surface area (Å²) < 4.78 is 69.7. The molecular formula is C41H32N8NaO8S2. The van der Waals surface area contributed by atoms with Crippen LogP contribution in [0, 0.1) is 6.92 Å². The van der Waals surface area contributed by atoms with Crippen molar-refractivity contribution in [2.45, 2.75) is 16.7 Å². The quantitative estimate of drug-likeness (QED) is 0.0310. The van der Waals surface area contributed by atoms with Crippen molar-refractivity contribution in [3.8, 4) is 22.6 Å². The van der Waals surface area contributed by atoms with Gasteiger partial charge in [0.05, 0.1) is 28.1 Å². The second kappa shape index (κ2) is 17.9. The van der Waals surface area contributed by atoms with Gasteiger partial charge in [0.15, 0.2) is 5.75 Å². The standard InChI is InChI=1S/C41H32N8O8S2.Na/c1-24-7-5-6-10-32(24)43-31-19-20-33(34(50)23-31)47-44-29-15-11-25(12-16-29)26-13-17-30(18-14-26)46-48-39-35(58(52,53)54)21-27-22-36(59(55,56)57)40(41(51)37(27)38(39)42)49-45-28-8-3-2-4-9-28;/h2-23,43,50-51H,42H2,1H3,(H,52,53,54)(H,55,56,57);. The number of fused-ring (bicyclic) bond motifs is 1. The van der Waals surface area contributed by atoms with E-state index in [1.165, 1.54) is 0 Å². The summed E-state index contributed by atoms with van der Waals surface area (Å²) in [4.78, 5) is -1.74. The molecule has 0 bridgehead atoms. The number of para-hydroxylation sites is 1. The molecule has 0 heterocycles. The molecule has 7 rings (SSSR count). The Morgan fingerprint density at radius 2 is 1.07 bits per heavy atom. The van der Waals surface area contributed by atoms with E-state index in [0.717, 1.165) is 34.5 Å². The van der Waals surface area contributed by atoms with Crippen molar-refractivity contribution in [2.75, 3.05) is 11.1 Å². The Kier molecular flexibility index (Phi) is 12.9. The Morgan fingerprint density at radius 3 is 1.62 bits per heavy atom. The van der Waals surface area contributed by atoms with Crippen molar-refractivity contribution >= 4 is 112 Å². The maximum Gasteiger partial charge on any atom is 0.296 e. The number of hydrogen-bond donors (Lipinski definition) is 6. The van der Waals surface area contributed by atoms with Crippen LogP contribution in [0.1, 0.15) is 5.56 Å². The molecule has 1 radical (unpaired) electrons. The summed E-state index contributed by atoms with van der Waals surface area (Å²) in [5.74, 6) is -0.900. The number of anilines is 3. The normalized spacial score (nSPS) is 12.1. The van der Waals surface area contributed by atoms with Gasteiger partial charge in [-0.15, -0.1) is 15.3 Å². The van der Waals surface area contributed by atoms with Gasteiger partial charge in [0.25, 0.3) is 20.2 Å². The summed E-state index contributed by atoms with van der Waals surface area (Å²) in [5, 5.41) is 48.8. The van der Waals surface area contributed by atoms with E-state index in [0.29, 0.717) is 17.1 Å². The fraction of sp³-hybridized carbons (Fsp3) is 0.0244. The first-order valence-corrected chi connectivity index (χ1v) is 20.3.